The third kappa shape index (κ3) is 5.30. The van der Waals surface area contributed by atoms with E-state index in [2.05, 4.69) is 36.5 Å². The lowest BCUT2D eigenvalue weighted by atomic mass is 10.2. The summed E-state index contributed by atoms with van der Waals surface area (Å²) in [6.45, 7) is 3.37. The minimum Gasteiger partial charge on any atom is -0.351 e. The van der Waals surface area contributed by atoms with Crippen molar-refractivity contribution in [3.05, 3.63) is 46.2 Å². The molecule has 7 heteroatoms. The van der Waals surface area contributed by atoms with Gasteiger partial charge in [0.15, 0.2) is 0 Å². The largest absolute Gasteiger partial charge is 0.351 e. The van der Waals surface area contributed by atoms with Crippen molar-refractivity contribution in [1.29, 1.82) is 0 Å². The molecule has 1 amide bonds. The molecule has 0 radical (unpaired) electrons. The predicted molar refractivity (Wildman–Crippen MR) is 95.1 cm³/mol. The molecule has 0 saturated heterocycles. The van der Waals surface area contributed by atoms with E-state index >= 15 is 0 Å². The molecule has 0 unspecified atom stereocenters. The van der Waals surface area contributed by atoms with Gasteiger partial charge in [-0.2, -0.15) is 0 Å². The number of nitrogens with one attached hydrogen (secondary N) is 2. The van der Waals surface area contributed by atoms with Crippen LogP contribution in [0, 0.1) is 6.92 Å². The van der Waals surface area contributed by atoms with Gasteiger partial charge < -0.3 is 15.5 Å². The smallest absolute Gasteiger partial charge is 0.254 e. The summed E-state index contributed by atoms with van der Waals surface area (Å²) in [4.78, 5) is 22.3. The van der Waals surface area contributed by atoms with Crippen LogP contribution in [0.2, 0.25) is 0 Å². The van der Waals surface area contributed by atoms with Gasteiger partial charge in [0.25, 0.3) is 5.91 Å². The monoisotopic (exact) mass is 377 g/mol. The van der Waals surface area contributed by atoms with Gasteiger partial charge in [-0.1, -0.05) is 15.9 Å². The van der Waals surface area contributed by atoms with E-state index in [0.29, 0.717) is 18.1 Å². The molecule has 2 N–H and O–H groups in total. The Morgan fingerprint density at radius 3 is 2.57 bits per heavy atom. The highest BCUT2D eigenvalue weighted by Crippen LogP contribution is 2.22. The fraction of sp³-hybridized carbons (Fsp3) is 0.312. The molecule has 0 saturated carbocycles. The number of nitrogens with zero attached hydrogens (tertiary/aromatic N) is 3. The molecular weight excluding hydrogens is 358 g/mol. The summed E-state index contributed by atoms with van der Waals surface area (Å²) < 4.78 is 1.02. The van der Waals surface area contributed by atoms with Crippen molar-refractivity contribution in [2.45, 2.75) is 6.92 Å². The van der Waals surface area contributed by atoms with Crippen LogP contribution in [0.4, 0.5) is 11.6 Å². The number of carbonyl (C=O) groups excluding carboxylic acids is 1. The van der Waals surface area contributed by atoms with E-state index in [1.54, 1.807) is 0 Å². The second kappa shape index (κ2) is 8.03. The maximum atomic E-state index is 12.0. The van der Waals surface area contributed by atoms with E-state index in [0.717, 1.165) is 22.3 Å². The standard InChI is InChI=1S/C16H20BrN5O/c1-11-8-13(17)4-5-14(11)21-16-19-9-12(10-20-16)15(23)18-6-7-22(2)3/h4-5,8-10H,6-7H2,1-3H3,(H,18,23)(H,19,20,21). The van der Waals surface area contributed by atoms with E-state index in [-0.39, 0.29) is 5.91 Å². The first-order valence-corrected chi connectivity index (χ1v) is 8.03. The molecule has 23 heavy (non-hydrogen) atoms. The summed E-state index contributed by atoms with van der Waals surface area (Å²) in [7, 11) is 3.92. The Morgan fingerprint density at radius 2 is 1.96 bits per heavy atom. The van der Waals surface area contributed by atoms with Crippen LogP contribution in [-0.2, 0) is 0 Å². The van der Waals surface area contributed by atoms with Gasteiger partial charge in [0.05, 0.1) is 5.56 Å². The number of likely N-dealkylation sites (N-methyl/N-ethyl adjacent to an activating group) is 1. The number of rotatable bonds is 6. The number of aromatic nitrogens is 2. The van der Waals surface area contributed by atoms with Gasteiger partial charge in [-0.15, -0.1) is 0 Å². The number of hydrogen-bond donors (Lipinski definition) is 2. The molecule has 0 spiro atoms. The summed E-state index contributed by atoms with van der Waals surface area (Å²) in [5.74, 6) is 0.290. The zero-order valence-corrected chi connectivity index (χ0v) is 15.0. The molecule has 122 valence electrons. The molecule has 6 nitrogen and oxygen atoms in total. The molecule has 0 fully saturated rings. The van der Waals surface area contributed by atoms with E-state index < -0.39 is 0 Å². The molecule has 2 rings (SSSR count). The normalized spacial score (nSPS) is 10.7. The number of aryl methyl sites for hydroxylation is 1. The first kappa shape index (κ1) is 17.4. The summed E-state index contributed by atoms with van der Waals surface area (Å²) in [6, 6.07) is 5.90. The quantitative estimate of drug-likeness (QED) is 0.809. The van der Waals surface area contributed by atoms with Gasteiger partial charge in [-0.05, 0) is 44.8 Å². The average molecular weight is 378 g/mol. The van der Waals surface area contributed by atoms with Crippen LogP contribution in [-0.4, -0.2) is 48.0 Å². The molecule has 2 aromatic rings. The summed E-state index contributed by atoms with van der Waals surface area (Å²) in [5.41, 5.74) is 2.45. The lowest BCUT2D eigenvalue weighted by Gasteiger charge is -2.11. The number of hydrogen-bond acceptors (Lipinski definition) is 5. The van der Waals surface area contributed by atoms with Gasteiger partial charge in [0.1, 0.15) is 0 Å². The number of anilines is 2. The minimum atomic E-state index is -0.168. The molecule has 0 aliphatic carbocycles. The first-order chi connectivity index (χ1) is 11.0. The second-order valence-electron chi connectivity index (χ2n) is 5.44. The minimum absolute atomic E-state index is 0.168. The maximum absolute atomic E-state index is 12.0. The highest BCUT2D eigenvalue weighted by atomic mass is 79.9. The number of halogens is 1. The van der Waals surface area contributed by atoms with Gasteiger partial charge >= 0.3 is 0 Å². The Labute approximate surface area is 144 Å². The molecule has 0 atom stereocenters. The van der Waals surface area contributed by atoms with Gasteiger partial charge in [0, 0.05) is 35.6 Å². The fourth-order valence-corrected chi connectivity index (χ4v) is 2.37. The van der Waals surface area contributed by atoms with Crippen LogP contribution in [0.15, 0.2) is 35.1 Å². The Kier molecular flexibility index (Phi) is 6.06. The zero-order chi connectivity index (χ0) is 16.8. The fourth-order valence-electron chi connectivity index (χ4n) is 1.89. The maximum Gasteiger partial charge on any atom is 0.254 e. The summed E-state index contributed by atoms with van der Waals surface area (Å²) >= 11 is 3.43. The van der Waals surface area contributed by atoms with Gasteiger partial charge in [0.2, 0.25) is 5.95 Å². The molecule has 1 heterocycles. The van der Waals surface area contributed by atoms with Crippen molar-refractivity contribution < 1.29 is 4.79 Å². The Bertz CT molecular complexity index is 673. The van der Waals surface area contributed by atoms with Crippen molar-refractivity contribution >= 4 is 33.5 Å². The summed E-state index contributed by atoms with van der Waals surface area (Å²) in [5, 5.41) is 5.97. The van der Waals surface area contributed by atoms with E-state index in [9.17, 15) is 4.79 Å². The third-order valence-electron chi connectivity index (χ3n) is 3.19. The SMILES string of the molecule is Cc1cc(Br)ccc1Nc1ncc(C(=O)NCCN(C)C)cn1. The number of amides is 1. The van der Waals surface area contributed by atoms with Crippen molar-refractivity contribution in [3.8, 4) is 0 Å². The molecule has 0 aliphatic heterocycles. The van der Waals surface area contributed by atoms with E-state index in [1.165, 1.54) is 12.4 Å². The zero-order valence-electron chi connectivity index (χ0n) is 13.4. The van der Waals surface area contributed by atoms with Gasteiger partial charge in [-0.3, -0.25) is 4.79 Å². The number of carbonyl (C=O) groups is 1. The summed E-state index contributed by atoms with van der Waals surface area (Å²) in [6.07, 6.45) is 3.04. The molecule has 0 bridgehead atoms. The molecular formula is C16H20BrN5O. The predicted octanol–water partition coefficient (Wildman–Crippen LogP) is 2.58. The van der Waals surface area contributed by atoms with Crippen LogP contribution < -0.4 is 10.6 Å². The lowest BCUT2D eigenvalue weighted by Crippen LogP contribution is -2.31. The van der Waals surface area contributed by atoms with Gasteiger partial charge in [-0.25, -0.2) is 9.97 Å². The number of benzene rings is 1. The average Bonchev–Trinajstić information content (AvgIpc) is 2.50. The Hall–Kier alpha value is -1.99. The van der Waals surface area contributed by atoms with Crippen LogP contribution in [0.25, 0.3) is 0 Å². The van der Waals surface area contributed by atoms with Crippen LogP contribution in [0.1, 0.15) is 15.9 Å². The molecule has 1 aromatic carbocycles. The Balaban J connectivity index is 1.97. The molecule has 1 aromatic heterocycles. The van der Waals surface area contributed by atoms with E-state index in [4.69, 9.17) is 0 Å². The Morgan fingerprint density at radius 1 is 1.26 bits per heavy atom. The van der Waals surface area contributed by atoms with Crippen LogP contribution >= 0.6 is 15.9 Å². The van der Waals surface area contributed by atoms with Crippen molar-refractivity contribution in [2.24, 2.45) is 0 Å². The first-order valence-electron chi connectivity index (χ1n) is 7.24. The third-order valence-corrected chi connectivity index (χ3v) is 3.69. The lowest BCUT2D eigenvalue weighted by molar-refractivity contribution is 0.0950. The highest BCUT2D eigenvalue weighted by Gasteiger charge is 2.07. The molecule has 0 aliphatic rings. The van der Waals surface area contributed by atoms with Crippen LogP contribution in [0.5, 0.6) is 0 Å². The van der Waals surface area contributed by atoms with Crippen molar-refractivity contribution in [2.75, 3.05) is 32.5 Å². The van der Waals surface area contributed by atoms with Crippen molar-refractivity contribution in [3.63, 3.8) is 0 Å². The topological polar surface area (TPSA) is 70.2 Å². The van der Waals surface area contributed by atoms with Crippen molar-refractivity contribution in [1.82, 2.24) is 20.2 Å². The van der Waals surface area contributed by atoms with E-state index in [1.807, 2.05) is 44.1 Å². The van der Waals surface area contributed by atoms with Crippen LogP contribution in [0.3, 0.4) is 0 Å². The highest BCUT2D eigenvalue weighted by molar-refractivity contribution is 9.10. The second-order valence-corrected chi connectivity index (χ2v) is 6.35.